The lowest BCUT2D eigenvalue weighted by Gasteiger charge is -2.29. The van der Waals surface area contributed by atoms with Crippen LogP contribution < -0.4 is 10.2 Å². The highest BCUT2D eigenvalue weighted by Crippen LogP contribution is 2.37. The van der Waals surface area contributed by atoms with Gasteiger partial charge in [0.2, 0.25) is 0 Å². The van der Waals surface area contributed by atoms with Crippen LogP contribution in [0.4, 0.5) is 5.13 Å². The van der Waals surface area contributed by atoms with Gasteiger partial charge < -0.3 is 10.1 Å². The number of ether oxygens (including phenoxy) is 1. The number of allylic oxidation sites excluding steroid dienone is 4. The Morgan fingerprint density at radius 2 is 2.16 bits per heavy atom. The third kappa shape index (κ3) is 3.81. The largest absolute Gasteiger partial charge is 0.462 e. The Morgan fingerprint density at radius 3 is 2.97 bits per heavy atom. The van der Waals surface area contributed by atoms with Crippen molar-refractivity contribution in [1.82, 2.24) is 15.3 Å². The first-order valence-corrected chi connectivity index (χ1v) is 11.2. The lowest BCUT2D eigenvalue weighted by molar-refractivity contribution is 0.0901. The van der Waals surface area contributed by atoms with Crippen LogP contribution in [0.15, 0.2) is 60.5 Å². The molecule has 0 bridgehead atoms. The summed E-state index contributed by atoms with van der Waals surface area (Å²) in [6.45, 7) is 6.02. The number of hydrogen-bond acceptors (Lipinski definition) is 6. The van der Waals surface area contributed by atoms with E-state index in [0.29, 0.717) is 4.88 Å². The third-order valence-corrected chi connectivity index (χ3v) is 6.65. The fourth-order valence-corrected chi connectivity index (χ4v) is 4.97. The van der Waals surface area contributed by atoms with Gasteiger partial charge in [-0.3, -0.25) is 14.7 Å². The molecule has 0 aromatic carbocycles. The van der Waals surface area contributed by atoms with Crippen LogP contribution in [0.1, 0.15) is 53.3 Å². The van der Waals surface area contributed by atoms with Gasteiger partial charge in [-0.1, -0.05) is 29.6 Å². The molecule has 4 heterocycles. The first-order valence-electron chi connectivity index (χ1n) is 10.4. The molecule has 0 saturated heterocycles. The van der Waals surface area contributed by atoms with Crippen LogP contribution in [0.2, 0.25) is 0 Å². The summed E-state index contributed by atoms with van der Waals surface area (Å²) in [5.41, 5.74) is 4.91. The van der Waals surface area contributed by atoms with Gasteiger partial charge in [0, 0.05) is 41.2 Å². The van der Waals surface area contributed by atoms with E-state index >= 15 is 0 Å². The molecule has 0 radical (unpaired) electrons. The summed E-state index contributed by atoms with van der Waals surface area (Å²) in [4.78, 5) is 24.4. The van der Waals surface area contributed by atoms with Crippen molar-refractivity contribution < 1.29 is 9.53 Å². The Kier molecular flexibility index (Phi) is 4.78. The van der Waals surface area contributed by atoms with Gasteiger partial charge in [-0.15, -0.1) is 0 Å². The molecule has 0 saturated carbocycles. The monoisotopic (exact) mass is 432 g/mol. The zero-order valence-corrected chi connectivity index (χ0v) is 18.6. The molecular weight excluding hydrogens is 408 g/mol. The van der Waals surface area contributed by atoms with Crippen LogP contribution in [0.5, 0.6) is 0 Å². The summed E-state index contributed by atoms with van der Waals surface area (Å²) in [5.74, 6) is 0.742. The summed E-state index contributed by atoms with van der Waals surface area (Å²) in [6, 6.07) is 4.12. The normalized spacial score (nSPS) is 19.6. The molecule has 7 heteroatoms. The lowest BCUT2D eigenvalue weighted by atomic mass is 9.92. The SMILES string of the molecule is Cc1ccc(C2=C(C3=CN(c4nc5c(s4)C(=O)NC(C)(C)C5)C=CO3)CCC=C2)cn1. The minimum Gasteiger partial charge on any atom is -0.462 e. The minimum absolute atomic E-state index is 0.0503. The van der Waals surface area contributed by atoms with Crippen molar-refractivity contribution in [2.75, 3.05) is 4.90 Å². The Balaban J connectivity index is 1.51. The first kappa shape index (κ1) is 19.8. The molecule has 3 aliphatic rings. The van der Waals surface area contributed by atoms with Crippen molar-refractivity contribution >= 4 is 27.9 Å². The summed E-state index contributed by atoms with van der Waals surface area (Å²) < 4.78 is 5.93. The highest BCUT2D eigenvalue weighted by Gasteiger charge is 2.34. The Morgan fingerprint density at radius 1 is 1.29 bits per heavy atom. The van der Waals surface area contributed by atoms with Gasteiger partial charge in [-0.25, -0.2) is 4.98 Å². The summed E-state index contributed by atoms with van der Waals surface area (Å²) >= 11 is 1.41. The van der Waals surface area contributed by atoms with Crippen LogP contribution in [0.25, 0.3) is 5.57 Å². The topological polar surface area (TPSA) is 67.4 Å². The number of thiazole rings is 1. The van der Waals surface area contributed by atoms with Gasteiger partial charge in [0.25, 0.3) is 5.91 Å². The smallest absolute Gasteiger partial charge is 0.263 e. The second-order valence-corrected chi connectivity index (χ2v) is 9.59. The van der Waals surface area contributed by atoms with Crippen molar-refractivity contribution in [2.45, 2.75) is 45.6 Å². The van der Waals surface area contributed by atoms with E-state index in [1.807, 2.05) is 50.3 Å². The first-order chi connectivity index (χ1) is 14.9. The number of nitrogens with zero attached hydrogens (tertiary/aromatic N) is 3. The summed E-state index contributed by atoms with van der Waals surface area (Å²) in [6.07, 6.45) is 14.3. The molecule has 2 aromatic rings. The molecule has 31 heavy (non-hydrogen) atoms. The summed E-state index contributed by atoms with van der Waals surface area (Å²) in [7, 11) is 0. The number of aromatic nitrogens is 2. The molecule has 2 aliphatic heterocycles. The van der Waals surface area contributed by atoms with E-state index < -0.39 is 0 Å². The molecule has 158 valence electrons. The number of carbonyl (C=O) groups is 1. The van der Waals surface area contributed by atoms with Gasteiger partial charge in [-0.2, -0.15) is 0 Å². The van der Waals surface area contributed by atoms with Crippen molar-refractivity contribution in [3.8, 4) is 0 Å². The lowest BCUT2D eigenvalue weighted by Crippen LogP contribution is -2.48. The van der Waals surface area contributed by atoms with Crippen LogP contribution in [0.3, 0.4) is 0 Å². The molecular formula is C24H24N4O2S. The molecule has 0 unspecified atom stereocenters. The van der Waals surface area contributed by atoms with Gasteiger partial charge >= 0.3 is 0 Å². The number of amides is 1. The number of carbonyl (C=O) groups excluding carboxylic acids is 1. The molecule has 0 fully saturated rings. The Hall–Kier alpha value is -3.19. The zero-order valence-electron chi connectivity index (χ0n) is 17.8. The standard InChI is InChI=1S/C24H24N4O2S/c1-15-8-9-16(13-25-15)17-6-4-5-7-18(17)20-14-28(10-11-30-20)23-26-19-12-24(2,3)27-22(29)21(19)31-23/h4,6,8-11,13-14H,5,7,12H2,1-3H3,(H,27,29). The van der Waals surface area contributed by atoms with E-state index in [1.54, 1.807) is 6.26 Å². The highest BCUT2D eigenvalue weighted by atomic mass is 32.1. The molecule has 0 atom stereocenters. The average Bonchev–Trinajstić information content (AvgIpc) is 3.18. The van der Waals surface area contributed by atoms with E-state index in [0.717, 1.165) is 58.3 Å². The van der Waals surface area contributed by atoms with E-state index in [1.165, 1.54) is 11.3 Å². The molecule has 1 aliphatic carbocycles. The van der Waals surface area contributed by atoms with Crippen molar-refractivity contribution in [1.29, 1.82) is 0 Å². The van der Waals surface area contributed by atoms with Crippen LogP contribution >= 0.6 is 11.3 Å². The maximum absolute atomic E-state index is 12.5. The maximum atomic E-state index is 12.5. The van der Waals surface area contributed by atoms with E-state index in [9.17, 15) is 4.79 Å². The number of hydrogen-bond donors (Lipinski definition) is 1. The predicted molar refractivity (Wildman–Crippen MR) is 122 cm³/mol. The third-order valence-electron chi connectivity index (χ3n) is 5.54. The second kappa shape index (κ2) is 7.50. The number of aryl methyl sites for hydroxylation is 1. The van der Waals surface area contributed by atoms with Crippen molar-refractivity contribution in [2.24, 2.45) is 0 Å². The van der Waals surface area contributed by atoms with E-state index in [2.05, 4.69) is 28.5 Å². The van der Waals surface area contributed by atoms with Crippen LogP contribution in [0, 0.1) is 6.92 Å². The van der Waals surface area contributed by atoms with Crippen LogP contribution in [-0.4, -0.2) is 21.4 Å². The van der Waals surface area contributed by atoms with Crippen LogP contribution in [-0.2, 0) is 11.2 Å². The fraction of sp³-hybridized carbons (Fsp3) is 0.292. The molecule has 6 nitrogen and oxygen atoms in total. The molecule has 2 aromatic heterocycles. The van der Waals surface area contributed by atoms with E-state index in [4.69, 9.17) is 9.72 Å². The molecule has 1 N–H and O–H groups in total. The minimum atomic E-state index is -0.284. The summed E-state index contributed by atoms with van der Waals surface area (Å²) in [5, 5.41) is 3.81. The fourth-order valence-electron chi connectivity index (χ4n) is 4.03. The molecule has 0 spiro atoms. The van der Waals surface area contributed by atoms with E-state index in [-0.39, 0.29) is 11.4 Å². The van der Waals surface area contributed by atoms with Gasteiger partial charge in [0.05, 0.1) is 11.9 Å². The second-order valence-electron chi connectivity index (χ2n) is 8.61. The zero-order chi connectivity index (χ0) is 21.6. The number of pyridine rings is 1. The van der Waals surface area contributed by atoms with Gasteiger partial charge in [0.1, 0.15) is 16.9 Å². The number of fused-ring (bicyclic) bond motifs is 1. The van der Waals surface area contributed by atoms with Crippen molar-refractivity contribution in [3.63, 3.8) is 0 Å². The molecule has 1 amide bonds. The van der Waals surface area contributed by atoms with Gasteiger partial charge in [0.15, 0.2) is 5.13 Å². The maximum Gasteiger partial charge on any atom is 0.263 e. The number of nitrogens with one attached hydrogen (secondary N) is 1. The van der Waals surface area contributed by atoms with Gasteiger partial charge in [-0.05, 0) is 45.3 Å². The number of anilines is 1. The quantitative estimate of drug-likeness (QED) is 0.750. The number of rotatable bonds is 3. The Labute approximate surface area is 185 Å². The predicted octanol–water partition coefficient (Wildman–Crippen LogP) is 4.86. The average molecular weight is 433 g/mol. The molecule has 5 rings (SSSR count). The highest BCUT2D eigenvalue weighted by molar-refractivity contribution is 7.17. The van der Waals surface area contributed by atoms with Crippen molar-refractivity contribution in [3.05, 3.63) is 82.3 Å². The Bertz CT molecular complexity index is 1170.